The largest absolute Gasteiger partial charge is 0.328 e. The fourth-order valence-corrected chi connectivity index (χ4v) is 2.16. The van der Waals surface area contributed by atoms with Gasteiger partial charge in [0, 0.05) is 22.4 Å². The second-order valence-electron chi connectivity index (χ2n) is 4.25. The van der Waals surface area contributed by atoms with E-state index in [1.54, 1.807) is 6.07 Å². The summed E-state index contributed by atoms with van der Waals surface area (Å²) in [6, 6.07) is 6.66. The minimum absolute atomic E-state index is 0.162. The third-order valence-corrected chi connectivity index (χ3v) is 3.17. The number of amides is 1. The van der Waals surface area contributed by atoms with Gasteiger partial charge in [0.05, 0.1) is 0 Å². The first-order valence-corrected chi connectivity index (χ1v) is 6.61. The van der Waals surface area contributed by atoms with E-state index < -0.39 is 11.2 Å². The van der Waals surface area contributed by atoms with Gasteiger partial charge in [0.1, 0.15) is 6.54 Å². The molecule has 0 fully saturated rings. The maximum atomic E-state index is 11.9. The van der Waals surface area contributed by atoms with Crippen molar-refractivity contribution in [1.29, 1.82) is 0 Å². The molecule has 1 aromatic heterocycles. The lowest BCUT2D eigenvalue weighted by molar-refractivity contribution is -0.116. The molecular formula is C13H12BrN3O3. The number of carbonyl (C=O) groups is 1. The maximum Gasteiger partial charge on any atom is 0.328 e. The summed E-state index contributed by atoms with van der Waals surface area (Å²) in [6.45, 7) is 1.71. The molecule has 0 atom stereocenters. The quantitative estimate of drug-likeness (QED) is 0.883. The Kier molecular flexibility index (Phi) is 4.19. The monoisotopic (exact) mass is 337 g/mol. The molecule has 1 amide bonds. The minimum Gasteiger partial charge on any atom is -0.324 e. The van der Waals surface area contributed by atoms with Crippen LogP contribution in [0.15, 0.2) is 44.5 Å². The lowest BCUT2D eigenvalue weighted by atomic mass is 10.2. The Morgan fingerprint density at radius 1 is 1.35 bits per heavy atom. The van der Waals surface area contributed by atoms with Gasteiger partial charge >= 0.3 is 5.69 Å². The summed E-state index contributed by atoms with van der Waals surface area (Å²) in [6.07, 6.45) is 1.29. The Labute approximate surface area is 122 Å². The highest BCUT2D eigenvalue weighted by Crippen LogP contribution is 2.19. The number of hydrogen-bond acceptors (Lipinski definition) is 3. The molecule has 104 valence electrons. The van der Waals surface area contributed by atoms with Crippen LogP contribution in [-0.4, -0.2) is 15.5 Å². The maximum absolute atomic E-state index is 11.9. The molecule has 0 aliphatic rings. The van der Waals surface area contributed by atoms with Crippen molar-refractivity contribution in [2.45, 2.75) is 13.5 Å². The molecule has 0 unspecified atom stereocenters. The molecule has 2 aromatic rings. The van der Waals surface area contributed by atoms with E-state index in [1.807, 2.05) is 19.1 Å². The van der Waals surface area contributed by atoms with E-state index in [0.29, 0.717) is 5.69 Å². The number of nitrogens with zero attached hydrogens (tertiary/aromatic N) is 1. The molecule has 6 nitrogen and oxygen atoms in total. The number of anilines is 1. The summed E-state index contributed by atoms with van der Waals surface area (Å²) >= 11 is 3.34. The number of benzene rings is 1. The molecule has 0 aliphatic heterocycles. The van der Waals surface area contributed by atoms with Gasteiger partial charge in [0.25, 0.3) is 5.56 Å². The smallest absolute Gasteiger partial charge is 0.324 e. The van der Waals surface area contributed by atoms with E-state index in [-0.39, 0.29) is 12.5 Å². The van der Waals surface area contributed by atoms with Crippen molar-refractivity contribution >= 4 is 27.5 Å². The molecular weight excluding hydrogens is 326 g/mol. The van der Waals surface area contributed by atoms with Crippen molar-refractivity contribution in [2.24, 2.45) is 0 Å². The Balaban J connectivity index is 2.13. The van der Waals surface area contributed by atoms with Gasteiger partial charge in [0.15, 0.2) is 0 Å². The number of H-pyrrole nitrogens is 1. The zero-order valence-corrected chi connectivity index (χ0v) is 12.2. The summed E-state index contributed by atoms with van der Waals surface area (Å²) in [5.74, 6) is -0.343. The van der Waals surface area contributed by atoms with Gasteiger partial charge in [-0.25, -0.2) is 4.79 Å². The van der Waals surface area contributed by atoms with Crippen LogP contribution in [-0.2, 0) is 11.3 Å². The third kappa shape index (κ3) is 3.45. The predicted octanol–water partition coefficient (Wildman–Crippen LogP) is 1.25. The Bertz CT molecular complexity index is 764. The second kappa shape index (κ2) is 5.87. The fourth-order valence-electron chi connectivity index (χ4n) is 1.68. The number of nitrogens with one attached hydrogen (secondary N) is 2. The number of rotatable bonds is 3. The summed E-state index contributed by atoms with van der Waals surface area (Å²) in [7, 11) is 0. The molecule has 0 aliphatic carbocycles. The Morgan fingerprint density at radius 3 is 2.75 bits per heavy atom. The molecule has 7 heteroatoms. The number of aryl methyl sites for hydroxylation is 1. The van der Waals surface area contributed by atoms with E-state index in [4.69, 9.17) is 0 Å². The van der Waals surface area contributed by atoms with E-state index in [2.05, 4.69) is 26.2 Å². The zero-order chi connectivity index (χ0) is 14.7. The minimum atomic E-state index is -0.611. The lowest BCUT2D eigenvalue weighted by Crippen LogP contribution is -2.32. The van der Waals surface area contributed by atoms with Gasteiger partial charge in [-0.05, 0) is 30.7 Å². The lowest BCUT2D eigenvalue weighted by Gasteiger charge is -2.09. The molecule has 20 heavy (non-hydrogen) atoms. The summed E-state index contributed by atoms with van der Waals surface area (Å²) in [5.41, 5.74) is 0.479. The molecule has 1 heterocycles. The van der Waals surface area contributed by atoms with Crippen LogP contribution in [0.1, 0.15) is 5.56 Å². The Morgan fingerprint density at radius 2 is 2.10 bits per heavy atom. The van der Waals surface area contributed by atoms with Gasteiger partial charge in [-0.3, -0.25) is 19.1 Å². The molecule has 0 bridgehead atoms. The van der Waals surface area contributed by atoms with Crippen molar-refractivity contribution in [3.63, 3.8) is 0 Å². The van der Waals surface area contributed by atoms with Crippen molar-refractivity contribution in [1.82, 2.24) is 9.55 Å². The molecule has 0 saturated heterocycles. The van der Waals surface area contributed by atoms with Crippen molar-refractivity contribution in [3.05, 3.63) is 61.3 Å². The van der Waals surface area contributed by atoms with Crippen LogP contribution < -0.4 is 16.6 Å². The van der Waals surface area contributed by atoms with Crippen LogP contribution in [0.25, 0.3) is 0 Å². The van der Waals surface area contributed by atoms with E-state index >= 15 is 0 Å². The van der Waals surface area contributed by atoms with Crippen LogP contribution in [0.5, 0.6) is 0 Å². The van der Waals surface area contributed by atoms with Gasteiger partial charge in [-0.15, -0.1) is 0 Å². The SMILES string of the molecule is Cc1cc(Br)ccc1NC(=O)Cn1ccc(=O)[nH]c1=O. The average Bonchev–Trinajstić information content (AvgIpc) is 2.36. The molecule has 0 radical (unpaired) electrons. The highest BCUT2D eigenvalue weighted by Gasteiger charge is 2.07. The van der Waals surface area contributed by atoms with Crippen LogP contribution >= 0.6 is 15.9 Å². The van der Waals surface area contributed by atoms with Gasteiger partial charge < -0.3 is 5.32 Å². The van der Waals surface area contributed by atoms with E-state index in [0.717, 1.165) is 14.6 Å². The first-order chi connectivity index (χ1) is 9.45. The molecule has 2 N–H and O–H groups in total. The number of halogens is 1. The topological polar surface area (TPSA) is 84.0 Å². The first kappa shape index (κ1) is 14.3. The molecule has 2 rings (SSSR count). The van der Waals surface area contributed by atoms with Crippen molar-refractivity contribution < 1.29 is 4.79 Å². The van der Waals surface area contributed by atoms with Crippen LogP contribution in [0.4, 0.5) is 5.69 Å². The van der Waals surface area contributed by atoms with Crippen LogP contribution in [0.3, 0.4) is 0 Å². The predicted molar refractivity (Wildman–Crippen MR) is 78.8 cm³/mol. The van der Waals surface area contributed by atoms with E-state index in [1.165, 1.54) is 12.3 Å². The molecule has 0 spiro atoms. The first-order valence-electron chi connectivity index (χ1n) is 5.81. The van der Waals surface area contributed by atoms with Crippen LogP contribution in [0, 0.1) is 6.92 Å². The highest BCUT2D eigenvalue weighted by atomic mass is 79.9. The molecule has 1 aromatic carbocycles. The average molecular weight is 338 g/mol. The van der Waals surface area contributed by atoms with Gasteiger partial charge in [0.2, 0.25) is 5.91 Å². The summed E-state index contributed by atoms with van der Waals surface area (Å²) in [5, 5.41) is 2.72. The van der Waals surface area contributed by atoms with Gasteiger partial charge in [-0.1, -0.05) is 15.9 Å². The number of aromatic amines is 1. The zero-order valence-electron chi connectivity index (χ0n) is 10.6. The van der Waals surface area contributed by atoms with Crippen molar-refractivity contribution in [2.75, 3.05) is 5.32 Å². The summed E-state index contributed by atoms with van der Waals surface area (Å²) < 4.78 is 2.05. The van der Waals surface area contributed by atoms with E-state index in [9.17, 15) is 14.4 Å². The molecule has 0 saturated carbocycles. The number of hydrogen-bond donors (Lipinski definition) is 2. The summed E-state index contributed by atoms with van der Waals surface area (Å²) in [4.78, 5) is 36.4. The third-order valence-electron chi connectivity index (χ3n) is 2.67. The fraction of sp³-hybridized carbons (Fsp3) is 0.154. The highest BCUT2D eigenvalue weighted by molar-refractivity contribution is 9.10. The van der Waals surface area contributed by atoms with Gasteiger partial charge in [-0.2, -0.15) is 0 Å². The standard InChI is InChI=1S/C13H12BrN3O3/c1-8-6-9(14)2-3-10(8)15-12(19)7-17-5-4-11(18)16-13(17)20/h2-6H,7H2,1H3,(H,15,19)(H,16,18,20). The van der Waals surface area contributed by atoms with Crippen molar-refractivity contribution in [3.8, 4) is 0 Å². The Hall–Kier alpha value is -2.15. The number of aromatic nitrogens is 2. The normalized spacial score (nSPS) is 10.3. The van der Waals surface area contributed by atoms with Crippen LogP contribution in [0.2, 0.25) is 0 Å². The second-order valence-corrected chi connectivity index (χ2v) is 5.16. The number of carbonyl (C=O) groups excluding carboxylic acids is 1.